The molecule has 0 aliphatic heterocycles. The summed E-state index contributed by atoms with van der Waals surface area (Å²) in [4.78, 5) is 12.3. The maximum atomic E-state index is 12.3. The van der Waals surface area contributed by atoms with E-state index in [9.17, 15) is 9.90 Å². The van der Waals surface area contributed by atoms with E-state index in [-0.39, 0.29) is 18.6 Å². The molecule has 23 heavy (non-hydrogen) atoms. The smallest absolute Gasteiger partial charge is 0.272 e. The molecule has 1 aromatic heterocycles. The molecule has 1 atom stereocenters. The third-order valence-electron chi connectivity index (χ3n) is 3.71. The molecule has 0 saturated carbocycles. The maximum Gasteiger partial charge on any atom is 0.272 e. The number of aromatic nitrogens is 2. The highest BCUT2D eigenvalue weighted by atomic mass is 16.3. The Hall–Kier alpha value is -2.14. The Morgan fingerprint density at radius 1 is 1.26 bits per heavy atom. The fourth-order valence-electron chi connectivity index (χ4n) is 2.54. The number of aliphatic hydroxyl groups is 1. The molecule has 1 heterocycles. The van der Waals surface area contributed by atoms with Crippen molar-refractivity contribution in [2.75, 3.05) is 6.61 Å². The first-order chi connectivity index (χ1) is 10.9. The second-order valence-electron chi connectivity index (χ2n) is 6.40. The lowest BCUT2D eigenvalue weighted by Gasteiger charge is -2.17. The number of rotatable bonds is 6. The Morgan fingerprint density at radius 3 is 2.48 bits per heavy atom. The van der Waals surface area contributed by atoms with Crippen LogP contribution in [0.15, 0.2) is 30.3 Å². The van der Waals surface area contributed by atoms with Gasteiger partial charge in [0.1, 0.15) is 0 Å². The second kappa shape index (κ2) is 7.42. The van der Waals surface area contributed by atoms with Crippen LogP contribution in [0.25, 0.3) is 5.69 Å². The Kier molecular flexibility index (Phi) is 5.55. The van der Waals surface area contributed by atoms with E-state index >= 15 is 0 Å². The predicted octanol–water partition coefficient (Wildman–Crippen LogP) is 2.63. The number of nitrogens with one attached hydrogen (secondary N) is 1. The molecule has 2 rings (SSSR count). The fourth-order valence-corrected chi connectivity index (χ4v) is 2.54. The van der Waals surface area contributed by atoms with Gasteiger partial charge in [-0.3, -0.25) is 4.79 Å². The van der Waals surface area contributed by atoms with Gasteiger partial charge in [-0.05, 0) is 44.4 Å². The van der Waals surface area contributed by atoms with Crippen LogP contribution in [0.4, 0.5) is 0 Å². The number of hydrogen-bond donors (Lipinski definition) is 2. The van der Waals surface area contributed by atoms with Crippen LogP contribution in [0.5, 0.6) is 0 Å². The SMILES string of the molecule is Cc1ccc(-n2nc(C(=O)NC(CO)CC(C)C)cc2C)cc1. The first-order valence-electron chi connectivity index (χ1n) is 7.96. The minimum Gasteiger partial charge on any atom is -0.394 e. The van der Waals surface area contributed by atoms with Crippen molar-refractivity contribution in [2.45, 2.75) is 40.2 Å². The highest BCUT2D eigenvalue weighted by Crippen LogP contribution is 2.13. The van der Waals surface area contributed by atoms with Gasteiger partial charge in [0.2, 0.25) is 0 Å². The lowest BCUT2D eigenvalue weighted by atomic mass is 10.0. The van der Waals surface area contributed by atoms with Crippen LogP contribution >= 0.6 is 0 Å². The number of nitrogens with zero attached hydrogens (tertiary/aromatic N) is 2. The zero-order valence-corrected chi connectivity index (χ0v) is 14.2. The maximum absolute atomic E-state index is 12.3. The molecule has 2 N–H and O–H groups in total. The Balaban J connectivity index is 2.16. The van der Waals surface area contributed by atoms with Crippen LogP contribution in [0.1, 0.15) is 42.0 Å². The predicted molar refractivity (Wildman–Crippen MR) is 90.8 cm³/mol. The van der Waals surface area contributed by atoms with Gasteiger partial charge in [-0.2, -0.15) is 5.10 Å². The summed E-state index contributed by atoms with van der Waals surface area (Å²) in [6.45, 7) is 8.00. The van der Waals surface area contributed by atoms with Crippen LogP contribution in [-0.2, 0) is 0 Å². The van der Waals surface area contributed by atoms with E-state index in [1.807, 2.05) is 38.1 Å². The Labute approximate surface area is 137 Å². The molecule has 5 nitrogen and oxygen atoms in total. The zero-order chi connectivity index (χ0) is 17.0. The lowest BCUT2D eigenvalue weighted by molar-refractivity contribution is 0.0903. The normalized spacial score (nSPS) is 12.4. The third-order valence-corrected chi connectivity index (χ3v) is 3.71. The largest absolute Gasteiger partial charge is 0.394 e. The molecule has 5 heteroatoms. The minimum absolute atomic E-state index is 0.0679. The van der Waals surface area contributed by atoms with Crippen molar-refractivity contribution < 1.29 is 9.90 Å². The van der Waals surface area contributed by atoms with Crippen molar-refractivity contribution in [3.8, 4) is 5.69 Å². The molecule has 0 fully saturated rings. The molecule has 2 aromatic rings. The van der Waals surface area contributed by atoms with Gasteiger partial charge < -0.3 is 10.4 Å². The molecule has 0 bridgehead atoms. The summed E-state index contributed by atoms with van der Waals surface area (Å²) in [6.07, 6.45) is 0.736. The van der Waals surface area contributed by atoms with Crippen LogP contribution < -0.4 is 5.32 Å². The van der Waals surface area contributed by atoms with Crippen molar-refractivity contribution in [2.24, 2.45) is 5.92 Å². The topological polar surface area (TPSA) is 67.2 Å². The summed E-state index contributed by atoms with van der Waals surface area (Å²) in [7, 11) is 0. The fraction of sp³-hybridized carbons (Fsp3) is 0.444. The third kappa shape index (κ3) is 4.42. The summed E-state index contributed by atoms with van der Waals surface area (Å²) in [5, 5.41) is 16.6. The first-order valence-corrected chi connectivity index (χ1v) is 7.96. The van der Waals surface area contributed by atoms with Gasteiger partial charge in [0.25, 0.3) is 5.91 Å². The van der Waals surface area contributed by atoms with E-state index in [4.69, 9.17) is 0 Å². The molecule has 1 amide bonds. The molecule has 1 unspecified atom stereocenters. The number of hydrogen-bond acceptors (Lipinski definition) is 3. The van der Waals surface area contributed by atoms with Crippen LogP contribution in [0.3, 0.4) is 0 Å². The average Bonchev–Trinajstić information content (AvgIpc) is 2.89. The van der Waals surface area contributed by atoms with Gasteiger partial charge in [-0.25, -0.2) is 4.68 Å². The summed E-state index contributed by atoms with van der Waals surface area (Å²) in [5.74, 6) is 0.151. The number of aliphatic hydroxyl groups excluding tert-OH is 1. The quantitative estimate of drug-likeness (QED) is 0.861. The molecule has 0 radical (unpaired) electrons. The number of carbonyl (C=O) groups excluding carboxylic acids is 1. The van der Waals surface area contributed by atoms with Gasteiger partial charge in [-0.1, -0.05) is 31.5 Å². The van der Waals surface area contributed by atoms with Gasteiger partial charge in [0, 0.05) is 5.69 Å². The molecule has 0 spiro atoms. The van der Waals surface area contributed by atoms with E-state index in [1.54, 1.807) is 10.7 Å². The summed E-state index contributed by atoms with van der Waals surface area (Å²) in [5.41, 5.74) is 3.36. The van der Waals surface area contributed by atoms with Crippen molar-refractivity contribution in [1.82, 2.24) is 15.1 Å². The lowest BCUT2D eigenvalue weighted by Crippen LogP contribution is -2.38. The Morgan fingerprint density at radius 2 is 1.91 bits per heavy atom. The van der Waals surface area contributed by atoms with E-state index in [2.05, 4.69) is 24.3 Å². The molecular weight excluding hydrogens is 290 g/mol. The minimum atomic E-state index is -0.251. The highest BCUT2D eigenvalue weighted by molar-refractivity contribution is 5.92. The number of benzene rings is 1. The highest BCUT2D eigenvalue weighted by Gasteiger charge is 2.18. The number of amides is 1. The van der Waals surface area contributed by atoms with E-state index in [0.717, 1.165) is 17.8 Å². The number of aryl methyl sites for hydroxylation is 2. The molecule has 1 aromatic carbocycles. The summed E-state index contributed by atoms with van der Waals surface area (Å²) in [6, 6.07) is 9.51. The van der Waals surface area contributed by atoms with Crippen LogP contribution in [0.2, 0.25) is 0 Å². The molecule has 0 saturated heterocycles. The summed E-state index contributed by atoms with van der Waals surface area (Å²) >= 11 is 0. The van der Waals surface area contributed by atoms with Gasteiger partial charge >= 0.3 is 0 Å². The monoisotopic (exact) mass is 315 g/mol. The van der Waals surface area contributed by atoms with E-state index in [1.165, 1.54) is 5.56 Å². The molecule has 0 aliphatic carbocycles. The van der Waals surface area contributed by atoms with Crippen molar-refractivity contribution in [3.63, 3.8) is 0 Å². The summed E-state index contributed by atoms with van der Waals surface area (Å²) < 4.78 is 1.75. The molecular formula is C18H25N3O2. The number of carbonyl (C=O) groups is 1. The van der Waals surface area contributed by atoms with Crippen LogP contribution in [0, 0.1) is 19.8 Å². The van der Waals surface area contributed by atoms with Crippen LogP contribution in [-0.4, -0.2) is 33.4 Å². The molecule has 0 aliphatic rings. The molecule has 124 valence electrons. The second-order valence-corrected chi connectivity index (χ2v) is 6.40. The van der Waals surface area contributed by atoms with Crippen molar-refractivity contribution in [1.29, 1.82) is 0 Å². The van der Waals surface area contributed by atoms with E-state index < -0.39 is 0 Å². The average molecular weight is 315 g/mol. The van der Waals surface area contributed by atoms with Gasteiger partial charge in [0.15, 0.2) is 5.69 Å². The van der Waals surface area contributed by atoms with Crippen molar-refractivity contribution >= 4 is 5.91 Å². The standard InChI is InChI=1S/C18H25N3O2/c1-12(2)9-15(11-22)19-18(23)17-10-14(4)21(20-17)16-7-5-13(3)6-8-16/h5-8,10,12,15,22H,9,11H2,1-4H3,(H,19,23). The van der Waals surface area contributed by atoms with E-state index in [0.29, 0.717) is 11.6 Å². The van der Waals surface area contributed by atoms with Gasteiger partial charge in [-0.15, -0.1) is 0 Å². The van der Waals surface area contributed by atoms with Gasteiger partial charge in [0.05, 0.1) is 18.3 Å². The Bertz CT molecular complexity index is 659. The van der Waals surface area contributed by atoms with Crippen molar-refractivity contribution in [3.05, 3.63) is 47.3 Å². The first kappa shape index (κ1) is 17.2. The zero-order valence-electron chi connectivity index (χ0n) is 14.2.